The highest BCUT2D eigenvalue weighted by atomic mass is 19.4. The van der Waals surface area contributed by atoms with Crippen molar-refractivity contribution in [3.8, 4) is 0 Å². The minimum Gasteiger partial charge on any atom is -0.475 e. The summed E-state index contributed by atoms with van der Waals surface area (Å²) in [6.07, 6.45) is -5.08. The van der Waals surface area contributed by atoms with E-state index in [1.165, 1.54) is 6.07 Å². The summed E-state index contributed by atoms with van der Waals surface area (Å²) in [5.41, 5.74) is 6.58. The van der Waals surface area contributed by atoms with Crippen LogP contribution in [-0.2, 0) is 4.79 Å². The predicted molar refractivity (Wildman–Crippen MR) is 83.0 cm³/mol. The number of rotatable bonds is 3. The molecule has 0 aliphatic rings. The minimum absolute atomic E-state index is 0.274. The molecule has 2 amide bonds. The van der Waals surface area contributed by atoms with Gasteiger partial charge in [-0.15, -0.1) is 0 Å². The normalized spacial score (nSPS) is 10.2. The third-order valence-corrected chi connectivity index (χ3v) is 2.68. The maximum Gasteiger partial charge on any atom is 0.490 e. The van der Waals surface area contributed by atoms with Crippen LogP contribution in [0.5, 0.6) is 0 Å². The molecule has 9 heteroatoms. The maximum atomic E-state index is 11.9. The van der Waals surface area contributed by atoms with E-state index in [2.05, 4.69) is 5.32 Å². The van der Waals surface area contributed by atoms with E-state index in [0.29, 0.717) is 16.8 Å². The maximum absolute atomic E-state index is 11.9. The number of benzene rings is 2. The van der Waals surface area contributed by atoms with Gasteiger partial charge in [-0.25, -0.2) is 4.79 Å². The summed E-state index contributed by atoms with van der Waals surface area (Å²) in [5, 5.41) is 9.86. The summed E-state index contributed by atoms with van der Waals surface area (Å²) in [4.78, 5) is 31.8. The summed E-state index contributed by atoms with van der Waals surface area (Å²) < 4.78 is 31.7. The molecule has 0 radical (unpaired) electrons. The van der Waals surface area contributed by atoms with Crippen LogP contribution in [0, 0.1) is 0 Å². The van der Waals surface area contributed by atoms with Gasteiger partial charge in [-0.05, 0) is 30.3 Å². The van der Waals surface area contributed by atoms with Gasteiger partial charge < -0.3 is 16.2 Å². The fraction of sp³-hybridized carbons (Fsp3) is 0.0625. The number of hydrogen-bond acceptors (Lipinski definition) is 3. The Bertz CT molecular complexity index is 761. The smallest absolute Gasteiger partial charge is 0.475 e. The second-order valence-electron chi connectivity index (χ2n) is 4.57. The Morgan fingerprint density at radius 2 is 1.44 bits per heavy atom. The molecule has 0 saturated heterocycles. The molecule has 0 aliphatic heterocycles. The van der Waals surface area contributed by atoms with Crippen LogP contribution in [0.15, 0.2) is 54.6 Å². The van der Waals surface area contributed by atoms with Gasteiger partial charge in [0.05, 0.1) is 0 Å². The van der Waals surface area contributed by atoms with E-state index in [1.54, 1.807) is 30.3 Å². The molecule has 0 atom stereocenters. The van der Waals surface area contributed by atoms with Gasteiger partial charge in [0, 0.05) is 16.8 Å². The molecular weight excluding hydrogens is 341 g/mol. The highest BCUT2D eigenvalue weighted by molar-refractivity contribution is 6.05. The Hall–Kier alpha value is -3.36. The third-order valence-electron chi connectivity index (χ3n) is 2.68. The van der Waals surface area contributed by atoms with Gasteiger partial charge in [0.25, 0.3) is 5.91 Å². The van der Waals surface area contributed by atoms with Crippen molar-refractivity contribution < 1.29 is 32.7 Å². The van der Waals surface area contributed by atoms with Crippen molar-refractivity contribution >= 4 is 23.5 Å². The van der Waals surface area contributed by atoms with Gasteiger partial charge in [0.2, 0.25) is 5.91 Å². The van der Waals surface area contributed by atoms with E-state index >= 15 is 0 Å². The van der Waals surface area contributed by atoms with Gasteiger partial charge in [0.1, 0.15) is 0 Å². The molecule has 0 aromatic heterocycles. The number of carboxylic acid groups (broad SMARTS) is 1. The Kier molecular flexibility index (Phi) is 6.68. The number of carboxylic acids is 1. The van der Waals surface area contributed by atoms with Gasteiger partial charge in [-0.2, -0.15) is 13.2 Å². The van der Waals surface area contributed by atoms with Gasteiger partial charge in [0.15, 0.2) is 0 Å². The number of primary amides is 1. The number of alkyl halides is 3. The van der Waals surface area contributed by atoms with Crippen molar-refractivity contribution in [3.63, 3.8) is 0 Å². The molecule has 0 heterocycles. The number of nitrogens with two attached hydrogens (primary N) is 1. The largest absolute Gasteiger partial charge is 0.490 e. The molecule has 0 fully saturated rings. The van der Waals surface area contributed by atoms with Crippen molar-refractivity contribution in [2.75, 3.05) is 5.32 Å². The first-order valence-corrected chi connectivity index (χ1v) is 6.67. The number of amides is 2. The molecule has 25 heavy (non-hydrogen) atoms. The SMILES string of the molecule is NC(=O)c1cccc(C(=O)Nc2ccccc2)c1.O=C(O)C(F)(F)F. The standard InChI is InChI=1S/C14H12N2O2.C2HF3O2/c15-13(17)10-5-4-6-11(9-10)14(18)16-12-7-2-1-3-8-12;3-2(4,5)1(6)7/h1-9H,(H2,15,17)(H,16,18);(H,6,7). The summed E-state index contributed by atoms with van der Waals surface area (Å²) in [6, 6.07) is 15.4. The van der Waals surface area contributed by atoms with Crippen LogP contribution in [0.25, 0.3) is 0 Å². The van der Waals surface area contributed by atoms with E-state index in [1.807, 2.05) is 18.2 Å². The zero-order valence-electron chi connectivity index (χ0n) is 12.6. The fourth-order valence-electron chi connectivity index (χ4n) is 1.54. The fourth-order valence-corrected chi connectivity index (χ4v) is 1.54. The number of hydrogen-bond donors (Lipinski definition) is 3. The number of para-hydroxylation sites is 1. The summed E-state index contributed by atoms with van der Waals surface area (Å²) in [5.74, 6) is -3.58. The second kappa shape index (κ2) is 8.48. The molecule has 2 aromatic rings. The first kappa shape index (κ1) is 19.7. The van der Waals surface area contributed by atoms with E-state index in [-0.39, 0.29) is 5.91 Å². The van der Waals surface area contributed by atoms with Gasteiger partial charge >= 0.3 is 12.1 Å². The van der Waals surface area contributed by atoms with E-state index in [4.69, 9.17) is 15.6 Å². The van der Waals surface area contributed by atoms with Crippen molar-refractivity contribution in [3.05, 3.63) is 65.7 Å². The van der Waals surface area contributed by atoms with Gasteiger partial charge in [-0.3, -0.25) is 9.59 Å². The highest BCUT2D eigenvalue weighted by Gasteiger charge is 2.38. The lowest BCUT2D eigenvalue weighted by atomic mass is 10.1. The van der Waals surface area contributed by atoms with Crippen molar-refractivity contribution in [1.82, 2.24) is 0 Å². The average molecular weight is 354 g/mol. The van der Waals surface area contributed by atoms with Gasteiger partial charge in [-0.1, -0.05) is 24.3 Å². The van der Waals surface area contributed by atoms with Crippen molar-refractivity contribution in [2.24, 2.45) is 5.73 Å². The summed E-state index contributed by atoms with van der Waals surface area (Å²) >= 11 is 0. The Morgan fingerprint density at radius 1 is 0.920 bits per heavy atom. The predicted octanol–water partition coefficient (Wildman–Crippen LogP) is 2.67. The van der Waals surface area contributed by atoms with Crippen LogP contribution < -0.4 is 11.1 Å². The van der Waals surface area contributed by atoms with Crippen LogP contribution >= 0.6 is 0 Å². The third kappa shape index (κ3) is 6.73. The molecule has 0 unspecified atom stereocenters. The average Bonchev–Trinajstić information content (AvgIpc) is 2.55. The Balaban J connectivity index is 0.000000381. The quantitative estimate of drug-likeness (QED) is 0.787. The topological polar surface area (TPSA) is 109 Å². The number of nitrogens with one attached hydrogen (secondary N) is 1. The minimum atomic E-state index is -5.08. The molecule has 6 nitrogen and oxygen atoms in total. The highest BCUT2D eigenvalue weighted by Crippen LogP contribution is 2.13. The lowest BCUT2D eigenvalue weighted by Gasteiger charge is -2.05. The molecule has 0 bridgehead atoms. The number of halogens is 3. The summed E-state index contributed by atoms with van der Waals surface area (Å²) in [6.45, 7) is 0. The second-order valence-corrected chi connectivity index (χ2v) is 4.57. The number of carbonyl (C=O) groups is 3. The van der Waals surface area contributed by atoms with Crippen LogP contribution in [0.3, 0.4) is 0 Å². The molecular formula is C16H13F3N2O4. The number of anilines is 1. The first-order valence-electron chi connectivity index (χ1n) is 6.67. The molecule has 2 aromatic carbocycles. The number of carbonyl (C=O) groups excluding carboxylic acids is 2. The monoisotopic (exact) mass is 354 g/mol. The van der Waals surface area contributed by atoms with E-state index in [9.17, 15) is 22.8 Å². The molecule has 2 rings (SSSR count). The lowest BCUT2D eigenvalue weighted by molar-refractivity contribution is -0.192. The van der Waals surface area contributed by atoms with Crippen LogP contribution in [0.2, 0.25) is 0 Å². The van der Waals surface area contributed by atoms with Crippen LogP contribution in [0.1, 0.15) is 20.7 Å². The molecule has 0 saturated carbocycles. The van der Waals surface area contributed by atoms with Crippen molar-refractivity contribution in [1.29, 1.82) is 0 Å². The van der Waals surface area contributed by atoms with Crippen LogP contribution in [-0.4, -0.2) is 29.1 Å². The molecule has 0 aliphatic carbocycles. The Labute approximate surface area is 140 Å². The molecule has 0 spiro atoms. The van der Waals surface area contributed by atoms with Crippen molar-refractivity contribution in [2.45, 2.75) is 6.18 Å². The Morgan fingerprint density at radius 3 is 1.92 bits per heavy atom. The van der Waals surface area contributed by atoms with E-state index in [0.717, 1.165) is 0 Å². The molecule has 4 N–H and O–H groups in total. The molecule has 132 valence electrons. The van der Waals surface area contributed by atoms with Crippen LogP contribution in [0.4, 0.5) is 18.9 Å². The summed E-state index contributed by atoms with van der Waals surface area (Å²) in [7, 11) is 0. The zero-order chi connectivity index (χ0) is 19.0. The lowest BCUT2D eigenvalue weighted by Crippen LogP contribution is -2.21. The first-order chi connectivity index (χ1) is 11.6. The number of aliphatic carboxylic acids is 1. The zero-order valence-corrected chi connectivity index (χ0v) is 12.6. The van der Waals surface area contributed by atoms with E-state index < -0.39 is 18.1 Å².